The molecule has 0 fully saturated rings. The Morgan fingerprint density at radius 1 is 1.19 bits per heavy atom. The second-order valence-corrected chi connectivity index (χ2v) is 8.18. The van der Waals surface area contributed by atoms with Crippen molar-refractivity contribution in [2.24, 2.45) is 11.1 Å². The van der Waals surface area contributed by atoms with E-state index in [1.165, 1.54) is 12.1 Å². The number of nitrogens with one attached hydrogen (secondary N) is 1. The van der Waals surface area contributed by atoms with Gasteiger partial charge in [-0.1, -0.05) is 24.3 Å². The number of hydrogen-bond acceptors (Lipinski definition) is 5. The second-order valence-electron chi connectivity index (χ2n) is 6.62. The molecule has 0 saturated carbocycles. The number of fused-ring (bicyclic) bond motifs is 3. The van der Waals surface area contributed by atoms with E-state index in [9.17, 15) is 18.5 Å². The lowest BCUT2D eigenvalue weighted by Crippen LogP contribution is -2.29. The molecule has 1 heterocycles. The van der Waals surface area contributed by atoms with Crippen LogP contribution in [0.4, 0.5) is 11.4 Å². The molecule has 1 aliphatic heterocycles. The van der Waals surface area contributed by atoms with Crippen LogP contribution in [0.1, 0.15) is 29.5 Å². The maximum absolute atomic E-state index is 11.7. The van der Waals surface area contributed by atoms with Gasteiger partial charge in [0.15, 0.2) is 0 Å². The minimum atomic E-state index is -3.77. The Labute approximate surface area is 150 Å². The molecule has 0 spiro atoms. The van der Waals surface area contributed by atoms with Gasteiger partial charge < -0.3 is 5.32 Å². The second kappa shape index (κ2) is 5.93. The average molecular weight is 371 g/mol. The normalized spacial score (nSPS) is 23.8. The molecule has 0 amide bonds. The molecular weight excluding hydrogens is 354 g/mol. The van der Waals surface area contributed by atoms with Crippen LogP contribution in [0.3, 0.4) is 0 Å². The van der Waals surface area contributed by atoms with Crippen LogP contribution >= 0.6 is 0 Å². The van der Waals surface area contributed by atoms with Crippen molar-refractivity contribution in [2.45, 2.75) is 23.3 Å². The number of allylic oxidation sites excluding steroid dienone is 2. The van der Waals surface area contributed by atoms with Gasteiger partial charge in [-0.3, -0.25) is 10.1 Å². The average Bonchev–Trinajstić information content (AvgIpc) is 3.10. The van der Waals surface area contributed by atoms with Gasteiger partial charge in [-0.2, -0.15) is 0 Å². The summed E-state index contributed by atoms with van der Waals surface area (Å²) in [6, 6.07) is 11.3. The summed E-state index contributed by atoms with van der Waals surface area (Å²) in [6.07, 6.45) is 4.95. The third-order valence-corrected chi connectivity index (χ3v) is 6.01. The molecule has 134 valence electrons. The number of hydrogen-bond donors (Lipinski definition) is 2. The number of primary sulfonamides is 1. The first-order valence-corrected chi connectivity index (χ1v) is 9.73. The number of anilines is 1. The zero-order valence-electron chi connectivity index (χ0n) is 13.7. The van der Waals surface area contributed by atoms with Crippen molar-refractivity contribution in [2.75, 3.05) is 5.32 Å². The number of nitrogens with zero attached hydrogens (tertiary/aromatic N) is 1. The molecule has 2 aromatic rings. The van der Waals surface area contributed by atoms with Gasteiger partial charge in [0.05, 0.1) is 15.9 Å². The van der Waals surface area contributed by atoms with Crippen molar-refractivity contribution in [3.8, 4) is 0 Å². The highest BCUT2D eigenvalue weighted by Gasteiger charge is 2.38. The number of nitro benzene ring substituents is 1. The first-order chi connectivity index (χ1) is 12.3. The molecule has 3 atom stereocenters. The van der Waals surface area contributed by atoms with Gasteiger partial charge in [-0.15, -0.1) is 0 Å². The van der Waals surface area contributed by atoms with E-state index in [2.05, 4.69) is 17.5 Å². The fourth-order valence-electron chi connectivity index (χ4n) is 3.91. The van der Waals surface area contributed by atoms with Crippen molar-refractivity contribution < 1.29 is 13.3 Å². The van der Waals surface area contributed by atoms with E-state index in [1.54, 1.807) is 24.3 Å². The largest absolute Gasteiger partial charge is 0.378 e. The summed E-state index contributed by atoms with van der Waals surface area (Å²) >= 11 is 0. The van der Waals surface area contributed by atoms with E-state index in [4.69, 9.17) is 5.14 Å². The zero-order valence-corrected chi connectivity index (χ0v) is 14.5. The van der Waals surface area contributed by atoms with Gasteiger partial charge in [0.2, 0.25) is 10.0 Å². The lowest BCUT2D eigenvalue weighted by Gasteiger charge is -2.37. The van der Waals surface area contributed by atoms with Crippen LogP contribution in [0.5, 0.6) is 0 Å². The van der Waals surface area contributed by atoms with Crippen LogP contribution in [-0.4, -0.2) is 13.3 Å². The van der Waals surface area contributed by atoms with Gasteiger partial charge in [-0.25, -0.2) is 13.6 Å². The topological polar surface area (TPSA) is 115 Å². The molecule has 7 nitrogen and oxygen atoms in total. The van der Waals surface area contributed by atoms with Crippen LogP contribution in [0.15, 0.2) is 59.5 Å². The summed E-state index contributed by atoms with van der Waals surface area (Å²) in [7, 11) is -3.77. The summed E-state index contributed by atoms with van der Waals surface area (Å²) in [5.74, 6) is 0.192. The van der Waals surface area contributed by atoms with Gasteiger partial charge in [-0.05, 0) is 41.7 Å². The molecule has 0 radical (unpaired) electrons. The SMILES string of the molecule is NS(=O)(=O)c1ccc2c(c1)[C@H]1C=CC[C@@H]1[C@H](c1cccc([N+](=O)[O-])c1)N2. The molecule has 0 bridgehead atoms. The summed E-state index contributed by atoms with van der Waals surface area (Å²) in [5, 5.41) is 19.8. The van der Waals surface area contributed by atoms with Gasteiger partial charge in [0.1, 0.15) is 0 Å². The minimum Gasteiger partial charge on any atom is -0.378 e. The van der Waals surface area contributed by atoms with Gasteiger partial charge in [0, 0.05) is 23.7 Å². The van der Waals surface area contributed by atoms with Gasteiger partial charge in [0.25, 0.3) is 5.69 Å². The molecule has 0 unspecified atom stereocenters. The predicted octanol–water partition coefficient (Wildman–Crippen LogP) is 3.07. The number of nitro groups is 1. The van der Waals surface area contributed by atoms with Crippen LogP contribution < -0.4 is 10.5 Å². The zero-order chi connectivity index (χ0) is 18.5. The Morgan fingerprint density at radius 3 is 2.73 bits per heavy atom. The molecule has 4 rings (SSSR count). The fraction of sp³-hybridized carbons (Fsp3) is 0.222. The number of rotatable bonds is 3. The van der Waals surface area contributed by atoms with E-state index in [0.717, 1.165) is 23.2 Å². The highest BCUT2D eigenvalue weighted by Crippen LogP contribution is 2.50. The Bertz CT molecular complexity index is 1030. The number of benzene rings is 2. The maximum Gasteiger partial charge on any atom is 0.269 e. The Kier molecular flexibility index (Phi) is 3.82. The van der Waals surface area contributed by atoms with E-state index in [-0.39, 0.29) is 28.5 Å². The Morgan fingerprint density at radius 2 is 2.00 bits per heavy atom. The van der Waals surface area contributed by atoms with E-state index >= 15 is 0 Å². The van der Waals surface area contributed by atoms with Gasteiger partial charge >= 0.3 is 0 Å². The van der Waals surface area contributed by atoms with Crippen molar-refractivity contribution in [3.05, 3.63) is 75.9 Å². The van der Waals surface area contributed by atoms with E-state index in [1.807, 2.05) is 6.07 Å². The quantitative estimate of drug-likeness (QED) is 0.489. The number of non-ortho nitro benzene ring substituents is 1. The molecule has 1 aliphatic carbocycles. The highest BCUT2D eigenvalue weighted by molar-refractivity contribution is 7.89. The third kappa shape index (κ3) is 2.77. The monoisotopic (exact) mass is 371 g/mol. The fourth-order valence-corrected chi connectivity index (χ4v) is 4.46. The molecule has 2 aliphatic rings. The van der Waals surface area contributed by atoms with Crippen LogP contribution in [-0.2, 0) is 10.0 Å². The molecule has 0 aromatic heterocycles. The summed E-state index contributed by atoms with van der Waals surface area (Å²) in [4.78, 5) is 10.8. The lowest BCUT2D eigenvalue weighted by atomic mass is 9.77. The van der Waals surface area contributed by atoms with Crippen LogP contribution in [0.25, 0.3) is 0 Å². The summed E-state index contributed by atoms with van der Waals surface area (Å²) in [6.45, 7) is 0. The van der Waals surface area contributed by atoms with Crippen LogP contribution in [0.2, 0.25) is 0 Å². The Balaban J connectivity index is 1.78. The van der Waals surface area contributed by atoms with Crippen molar-refractivity contribution in [3.63, 3.8) is 0 Å². The van der Waals surface area contributed by atoms with Crippen molar-refractivity contribution in [1.82, 2.24) is 0 Å². The highest BCUT2D eigenvalue weighted by atomic mass is 32.2. The van der Waals surface area contributed by atoms with Crippen LogP contribution in [0, 0.1) is 16.0 Å². The molecule has 3 N–H and O–H groups in total. The van der Waals surface area contributed by atoms with Crippen molar-refractivity contribution >= 4 is 21.4 Å². The molecular formula is C18H17N3O4S. The first-order valence-electron chi connectivity index (χ1n) is 8.19. The van der Waals surface area contributed by atoms with E-state index < -0.39 is 14.9 Å². The first kappa shape index (κ1) is 16.7. The molecule has 8 heteroatoms. The van der Waals surface area contributed by atoms with E-state index in [0.29, 0.717) is 0 Å². The molecule has 0 saturated heterocycles. The summed E-state index contributed by atoms with van der Waals surface area (Å²) < 4.78 is 23.3. The minimum absolute atomic E-state index is 0.0391. The number of nitrogens with two attached hydrogens (primary N) is 1. The third-order valence-electron chi connectivity index (χ3n) is 5.10. The maximum atomic E-state index is 11.7. The molecule has 26 heavy (non-hydrogen) atoms. The standard InChI is InChI=1S/C18H17N3O4S/c19-26(24,25)13-7-8-17-16(10-13)14-5-2-6-15(14)18(20-17)11-3-1-4-12(9-11)21(22)23/h1-5,7-10,14-15,18,20H,6H2,(H2,19,24,25)/t14-,15-,18-/m0/s1. The smallest absolute Gasteiger partial charge is 0.269 e. The number of sulfonamides is 1. The van der Waals surface area contributed by atoms with Crippen molar-refractivity contribution in [1.29, 1.82) is 0 Å². The predicted molar refractivity (Wildman–Crippen MR) is 97.3 cm³/mol. The molecule has 2 aromatic carbocycles. The Hall–Kier alpha value is -2.71. The lowest BCUT2D eigenvalue weighted by molar-refractivity contribution is -0.384. The summed E-state index contributed by atoms with van der Waals surface area (Å²) in [5.41, 5.74) is 2.61.